The predicted octanol–water partition coefficient (Wildman–Crippen LogP) is 2.70. The quantitative estimate of drug-likeness (QED) is 0.296. The predicted molar refractivity (Wildman–Crippen MR) is 126 cm³/mol. The molecule has 4 rings (SSSR count). The van der Waals surface area contributed by atoms with Gasteiger partial charge in [-0.15, -0.1) is 0 Å². The van der Waals surface area contributed by atoms with E-state index in [2.05, 4.69) is 16.0 Å². The maximum atomic E-state index is 12.6. The highest BCUT2D eigenvalue weighted by atomic mass is 16.6. The van der Waals surface area contributed by atoms with Gasteiger partial charge in [0.2, 0.25) is 5.43 Å². The molecular formula is C24H19N5O7. The molecule has 2 N–H and O–H groups in total. The van der Waals surface area contributed by atoms with Gasteiger partial charge in [-0.05, 0) is 37.3 Å². The van der Waals surface area contributed by atoms with Crippen LogP contribution >= 0.6 is 0 Å². The minimum absolute atomic E-state index is 0.0684. The van der Waals surface area contributed by atoms with Gasteiger partial charge >= 0.3 is 5.91 Å². The molecule has 12 heteroatoms. The highest BCUT2D eigenvalue weighted by Crippen LogP contribution is 2.22. The minimum atomic E-state index is -1.01. The van der Waals surface area contributed by atoms with Gasteiger partial charge in [0.25, 0.3) is 11.6 Å². The largest absolute Gasteiger partial charge is 0.486 e. The van der Waals surface area contributed by atoms with Gasteiger partial charge in [-0.3, -0.25) is 35.3 Å². The zero-order valence-electron chi connectivity index (χ0n) is 18.8. The maximum Gasteiger partial charge on any atom is 0.305 e. The number of amides is 2. The first-order valence-corrected chi connectivity index (χ1v) is 10.6. The van der Waals surface area contributed by atoms with Crippen molar-refractivity contribution in [2.24, 2.45) is 0 Å². The first-order valence-electron chi connectivity index (χ1n) is 10.6. The summed E-state index contributed by atoms with van der Waals surface area (Å²) in [7, 11) is 0. The fraction of sp³-hybridized carbons (Fsp3) is 0.0833. The van der Waals surface area contributed by atoms with Crippen LogP contribution in [0.2, 0.25) is 0 Å². The van der Waals surface area contributed by atoms with E-state index in [1.54, 1.807) is 24.3 Å². The molecule has 0 spiro atoms. The summed E-state index contributed by atoms with van der Waals surface area (Å²) in [6, 6.07) is 18.8. The average molecular weight is 489 g/mol. The Hall–Kier alpha value is -5.26. The Kier molecular flexibility index (Phi) is 6.86. The van der Waals surface area contributed by atoms with E-state index in [-0.39, 0.29) is 29.4 Å². The molecule has 0 aliphatic heterocycles. The number of aromatic nitrogens is 2. The van der Waals surface area contributed by atoms with Crippen LogP contribution in [0.25, 0.3) is 5.69 Å². The highest BCUT2D eigenvalue weighted by molar-refractivity contribution is 5.96. The van der Waals surface area contributed by atoms with Crippen LogP contribution < -0.4 is 21.0 Å². The molecule has 2 aromatic heterocycles. The summed E-state index contributed by atoms with van der Waals surface area (Å²) in [5, 5.41) is 15.4. The molecule has 2 aromatic carbocycles. The lowest BCUT2D eigenvalue weighted by Gasteiger charge is -2.11. The number of nitrogens with zero attached hydrogens (tertiary/aromatic N) is 3. The summed E-state index contributed by atoms with van der Waals surface area (Å²) in [4.78, 5) is 48.1. The molecule has 12 nitrogen and oxygen atoms in total. The second-order valence-corrected chi connectivity index (χ2v) is 7.43. The third-order valence-corrected chi connectivity index (χ3v) is 4.93. The van der Waals surface area contributed by atoms with Crippen molar-refractivity contribution in [1.29, 1.82) is 0 Å². The fourth-order valence-corrected chi connectivity index (χ4v) is 3.23. The third kappa shape index (κ3) is 5.28. The number of ether oxygens (including phenoxy) is 1. The third-order valence-electron chi connectivity index (χ3n) is 4.93. The molecule has 0 atom stereocenters. The number of para-hydroxylation sites is 3. The number of nitro benzene ring substituents is 1. The van der Waals surface area contributed by atoms with Gasteiger partial charge < -0.3 is 9.15 Å². The number of hydrogen-bond donors (Lipinski definition) is 2. The van der Waals surface area contributed by atoms with Crippen molar-refractivity contribution >= 4 is 17.5 Å². The molecule has 4 aromatic rings. The molecule has 0 bridgehead atoms. The lowest BCUT2D eigenvalue weighted by atomic mass is 10.2. The van der Waals surface area contributed by atoms with Crippen molar-refractivity contribution in [1.82, 2.24) is 20.6 Å². The van der Waals surface area contributed by atoms with Crippen LogP contribution in [0.5, 0.6) is 5.75 Å². The van der Waals surface area contributed by atoms with Gasteiger partial charge in [-0.2, -0.15) is 5.10 Å². The number of nitro groups is 1. The standard InChI is InChI=1S/C24H19N5O7/c1-15-13-20(30)22(27-28(15)18-9-5-6-10-19(18)29(33)34)24(32)26-25-23(31)21-12-11-17(36-21)14-35-16-7-3-2-4-8-16/h2-13H,14H2,1H3,(H,25,31)(H,26,32). The van der Waals surface area contributed by atoms with Gasteiger partial charge in [-0.1, -0.05) is 30.3 Å². The van der Waals surface area contributed by atoms with Crippen LogP contribution in [-0.4, -0.2) is 26.5 Å². The van der Waals surface area contributed by atoms with E-state index in [0.717, 1.165) is 10.7 Å². The molecule has 0 fully saturated rings. The number of hydrazine groups is 1. The molecule has 2 heterocycles. The summed E-state index contributed by atoms with van der Waals surface area (Å²) >= 11 is 0. The van der Waals surface area contributed by atoms with Crippen molar-refractivity contribution in [3.8, 4) is 11.4 Å². The number of benzene rings is 2. The Balaban J connectivity index is 1.45. The van der Waals surface area contributed by atoms with Gasteiger partial charge in [0, 0.05) is 17.8 Å². The Morgan fingerprint density at radius 3 is 2.47 bits per heavy atom. The molecule has 2 amide bonds. The maximum absolute atomic E-state index is 12.6. The SMILES string of the molecule is Cc1cc(=O)c(C(=O)NNC(=O)c2ccc(COc3ccccc3)o2)nn1-c1ccccc1[N+](=O)[O-]. The summed E-state index contributed by atoms with van der Waals surface area (Å²) in [5.41, 5.74) is 3.02. The summed E-state index contributed by atoms with van der Waals surface area (Å²) in [6.45, 7) is 1.60. The van der Waals surface area contributed by atoms with Crippen LogP contribution in [0.1, 0.15) is 32.5 Å². The normalized spacial score (nSPS) is 10.5. The Morgan fingerprint density at radius 2 is 1.72 bits per heavy atom. The zero-order chi connectivity index (χ0) is 25.7. The zero-order valence-corrected chi connectivity index (χ0v) is 18.8. The monoisotopic (exact) mass is 489 g/mol. The second-order valence-electron chi connectivity index (χ2n) is 7.43. The van der Waals surface area contributed by atoms with Crippen molar-refractivity contribution < 1.29 is 23.7 Å². The van der Waals surface area contributed by atoms with Gasteiger partial charge in [0.05, 0.1) is 4.92 Å². The van der Waals surface area contributed by atoms with E-state index in [9.17, 15) is 24.5 Å². The lowest BCUT2D eigenvalue weighted by Crippen LogP contribution is -2.44. The molecule has 182 valence electrons. The van der Waals surface area contributed by atoms with Crippen LogP contribution in [0, 0.1) is 17.0 Å². The van der Waals surface area contributed by atoms with E-state index in [0.29, 0.717) is 11.5 Å². The van der Waals surface area contributed by atoms with E-state index in [1.807, 2.05) is 18.2 Å². The van der Waals surface area contributed by atoms with E-state index >= 15 is 0 Å². The number of nitrogens with one attached hydrogen (secondary N) is 2. The van der Waals surface area contributed by atoms with Crippen molar-refractivity contribution in [3.63, 3.8) is 0 Å². The average Bonchev–Trinajstić information content (AvgIpc) is 3.36. The fourth-order valence-electron chi connectivity index (χ4n) is 3.23. The molecule has 0 aliphatic carbocycles. The molecular weight excluding hydrogens is 470 g/mol. The van der Waals surface area contributed by atoms with Crippen molar-refractivity contribution in [2.75, 3.05) is 0 Å². The molecule has 36 heavy (non-hydrogen) atoms. The van der Waals surface area contributed by atoms with Crippen LogP contribution in [0.15, 0.2) is 82.0 Å². The minimum Gasteiger partial charge on any atom is -0.486 e. The molecule has 0 unspecified atom stereocenters. The number of carbonyl (C=O) groups is 2. The van der Waals surface area contributed by atoms with E-state index in [4.69, 9.17) is 9.15 Å². The van der Waals surface area contributed by atoms with Crippen molar-refractivity contribution in [2.45, 2.75) is 13.5 Å². The second kappa shape index (κ2) is 10.3. The topological polar surface area (TPSA) is 159 Å². The Bertz CT molecular complexity index is 1490. The lowest BCUT2D eigenvalue weighted by molar-refractivity contribution is -0.384. The summed E-state index contributed by atoms with van der Waals surface area (Å²) < 4.78 is 12.1. The summed E-state index contributed by atoms with van der Waals surface area (Å²) in [5.74, 6) is -0.886. The molecule has 0 aliphatic rings. The van der Waals surface area contributed by atoms with E-state index < -0.39 is 27.9 Å². The van der Waals surface area contributed by atoms with Crippen LogP contribution in [0.3, 0.4) is 0 Å². The van der Waals surface area contributed by atoms with Crippen LogP contribution in [-0.2, 0) is 6.61 Å². The van der Waals surface area contributed by atoms with Gasteiger partial charge in [0.15, 0.2) is 11.5 Å². The van der Waals surface area contributed by atoms with Gasteiger partial charge in [-0.25, -0.2) is 4.68 Å². The Labute approximate surface area is 203 Å². The highest BCUT2D eigenvalue weighted by Gasteiger charge is 2.21. The van der Waals surface area contributed by atoms with E-state index in [1.165, 1.54) is 31.2 Å². The van der Waals surface area contributed by atoms with Crippen LogP contribution in [0.4, 0.5) is 5.69 Å². The molecule has 0 saturated carbocycles. The number of furan rings is 1. The number of rotatable bonds is 7. The number of aryl methyl sites for hydroxylation is 1. The van der Waals surface area contributed by atoms with Crippen molar-refractivity contribution in [3.05, 3.63) is 116 Å². The number of hydrogen-bond acceptors (Lipinski definition) is 8. The summed E-state index contributed by atoms with van der Waals surface area (Å²) in [6.07, 6.45) is 0. The smallest absolute Gasteiger partial charge is 0.305 e. The molecule has 0 radical (unpaired) electrons. The first kappa shape index (κ1) is 23.9. The first-order chi connectivity index (χ1) is 17.3. The van der Waals surface area contributed by atoms with Gasteiger partial charge in [0.1, 0.15) is 23.8 Å². The number of carbonyl (C=O) groups excluding carboxylic acids is 2. The molecule has 0 saturated heterocycles. The Morgan fingerprint density at radius 1 is 1.03 bits per heavy atom.